The van der Waals surface area contributed by atoms with Gasteiger partial charge < -0.3 is 5.32 Å². The number of hydrogen-bond donors (Lipinski definition) is 1. The fraction of sp³-hybridized carbons (Fsp3) is 0.333. The summed E-state index contributed by atoms with van der Waals surface area (Å²) in [4.78, 5) is 0. The van der Waals surface area contributed by atoms with Crippen LogP contribution in [0.4, 0.5) is 4.39 Å². The van der Waals surface area contributed by atoms with E-state index in [0.29, 0.717) is 11.5 Å². The molecular formula is C18H19BrFN. The van der Waals surface area contributed by atoms with Crippen LogP contribution in [0.1, 0.15) is 47.9 Å². The highest BCUT2D eigenvalue weighted by molar-refractivity contribution is 9.10. The van der Waals surface area contributed by atoms with Gasteiger partial charge >= 0.3 is 0 Å². The molecule has 3 rings (SSSR count). The molecule has 0 radical (unpaired) electrons. The summed E-state index contributed by atoms with van der Waals surface area (Å²) in [5.74, 6) is 0.515. The lowest BCUT2D eigenvalue weighted by Crippen LogP contribution is -2.19. The first-order chi connectivity index (χ1) is 10.2. The minimum absolute atomic E-state index is 0.123. The molecule has 1 N–H and O–H groups in total. The largest absolute Gasteiger partial charge is 0.309 e. The second-order valence-corrected chi connectivity index (χ2v) is 6.60. The first kappa shape index (κ1) is 14.7. The molecule has 1 fully saturated rings. The fourth-order valence-corrected chi connectivity index (χ4v) is 3.35. The van der Waals surface area contributed by atoms with Gasteiger partial charge in [0.25, 0.3) is 0 Å². The number of hydrogen-bond acceptors (Lipinski definition) is 1. The highest BCUT2D eigenvalue weighted by Gasteiger charge is 2.22. The van der Waals surface area contributed by atoms with Crippen LogP contribution in [0.3, 0.4) is 0 Å². The van der Waals surface area contributed by atoms with Gasteiger partial charge in [0.05, 0.1) is 6.04 Å². The standard InChI is InChI=1S/C18H19BrFN/c1-21-18(16-11-15(19)8-9-17(16)20)14-7-3-6-13(10-14)12-4-2-5-12/h3,6-12,18,21H,2,4-5H2,1H3. The van der Waals surface area contributed by atoms with E-state index in [9.17, 15) is 4.39 Å². The smallest absolute Gasteiger partial charge is 0.128 e. The predicted octanol–water partition coefficient (Wildman–Crippen LogP) is 5.16. The maximum atomic E-state index is 14.2. The lowest BCUT2D eigenvalue weighted by Gasteiger charge is -2.27. The summed E-state index contributed by atoms with van der Waals surface area (Å²) in [6.45, 7) is 0. The molecule has 0 amide bonds. The van der Waals surface area contributed by atoms with Crippen molar-refractivity contribution in [3.05, 3.63) is 69.4 Å². The van der Waals surface area contributed by atoms with E-state index in [1.165, 1.54) is 30.9 Å². The van der Waals surface area contributed by atoms with E-state index in [1.54, 1.807) is 6.07 Å². The van der Waals surface area contributed by atoms with Gasteiger partial charge in [-0.25, -0.2) is 4.39 Å². The van der Waals surface area contributed by atoms with Crippen molar-refractivity contribution in [1.82, 2.24) is 5.32 Å². The third kappa shape index (κ3) is 3.04. The zero-order valence-electron chi connectivity index (χ0n) is 12.1. The summed E-state index contributed by atoms with van der Waals surface area (Å²) >= 11 is 3.43. The van der Waals surface area contributed by atoms with Crippen LogP contribution in [0, 0.1) is 5.82 Å². The van der Waals surface area contributed by atoms with E-state index in [0.717, 1.165) is 10.0 Å². The molecule has 1 nitrogen and oxygen atoms in total. The van der Waals surface area contributed by atoms with Gasteiger partial charge in [0.1, 0.15) is 5.82 Å². The third-order valence-corrected chi connectivity index (χ3v) is 4.87. The molecule has 1 aliphatic rings. The van der Waals surface area contributed by atoms with Gasteiger partial charge in [-0.15, -0.1) is 0 Å². The SMILES string of the molecule is CNC(c1cccc(C2CCC2)c1)c1cc(Br)ccc1F. The van der Waals surface area contributed by atoms with Crippen molar-refractivity contribution in [1.29, 1.82) is 0 Å². The summed E-state index contributed by atoms with van der Waals surface area (Å²) < 4.78 is 15.1. The molecule has 1 aliphatic carbocycles. The first-order valence-corrected chi connectivity index (χ1v) is 8.20. The van der Waals surface area contributed by atoms with Crippen LogP contribution in [0.2, 0.25) is 0 Å². The number of benzene rings is 2. The van der Waals surface area contributed by atoms with Crippen LogP contribution < -0.4 is 5.32 Å². The van der Waals surface area contributed by atoms with Gasteiger partial charge in [-0.05, 0) is 55.1 Å². The van der Waals surface area contributed by atoms with Gasteiger partial charge in [0.2, 0.25) is 0 Å². The summed E-state index contributed by atoms with van der Waals surface area (Å²) in [5.41, 5.74) is 3.19. The van der Waals surface area contributed by atoms with Crippen molar-refractivity contribution in [2.45, 2.75) is 31.2 Å². The minimum atomic E-state index is -0.174. The highest BCUT2D eigenvalue weighted by atomic mass is 79.9. The van der Waals surface area contributed by atoms with Gasteiger partial charge in [-0.1, -0.05) is 46.6 Å². The molecule has 0 aromatic heterocycles. The van der Waals surface area contributed by atoms with Crippen LogP contribution in [-0.2, 0) is 0 Å². The maximum Gasteiger partial charge on any atom is 0.128 e. The Balaban J connectivity index is 1.97. The van der Waals surface area contributed by atoms with E-state index in [-0.39, 0.29) is 11.9 Å². The highest BCUT2D eigenvalue weighted by Crippen LogP contribution is 2.37. The van der Waals surface area contributed by atoms with E-state index < -0.39 is 0 Å². The quantitative estimate of drug-likeness (QED) is 0.804. The Morgan fingerprint density at radius 3 is 2.67 bits per heavy atom. The normalized spacial score (nSPS) is 16.5. The van der Waals surface area contributed by atoms with Crippen LogP contribution in [0.25, 0.3) is 0 Å². The second kappa shape index (κ2) is 6.29. The summed E-state index contributed by atoms with van der Waals surface area (Å²) in [7, 11) is 1.88. The van der Waals surface area contributed by atoms with Crippen molar-refractivity contribution >= 4 is 15.9 Å². The number of nitrogens with one attached hydrogen (secondary N) is 1. The lowest BCUT2D eigenvalue weighted by molar-refractivity contribution is 0.419. The molecule has 2 aromatic carbocycles. The third-order valence-electron chi connectivity index (χ3n) is 4.38. The monoisotopic (exact) mass is 347 g/mol. The van der Waals surface area contributed by atoms with Crippen LogP contribution in [-0.4, -0.2) is 7.05 Å². The molecule has 0 bridgehead atoms. The van der Waals surface area contributed by atoms with E-state index >= 15 is 0 Å². The molecule has 0 aliphatic heterocycles. The Labute approximate surface area is 133 Å². The zero-order chi connectivity index (χ0) is 14.8. The fourth-order valence-electron chi connectivity index (χ4n) is 2.97. The minimum Gasteiger partial charge on any atom is -0.309 e. The van der Waals surface area contributed by atoms with E-state index in [1.807, 2.05) is 13.1 Å². The van der Waals surface area contributed by atoms with Crippen molar-refractivity contribution < 1.29 is 4.39 Å². The Morgan fingerprint density at radius 1 is 1.19 bits per heavy atom. The molecule has 21 heavy (non-hydrogen) atoms. The number of rotatable bonds is 4. The molecule has 1 unspecified atom stereocenters. The molecule has 0 spiro atoms. The average Bonchev–Trinajstić information content (AvgIpc) is 2.42. The zero-order valence-corrected chi connectivity index (χ0v) is 13.7. The molecule has 0 saturated heterocycles. The van der Waals surface area contributed by atoms with Crippen molar-refractivity contribution in [3.8, 4) is 0 Å². The topological polar surface area (TPSA) is 12.0 Å². The van der Waals surface area contributed by atoms with Crippen LogP contribution in [0.5, 0.6) is 0 Å². The van der Waals surface area contributed by atoms with Crippen molar-refractivity contribution in [2.24, 2.45) is 0 Å². The van der Waals surface area contributed by atoms with Gasteiger partial charge in [-0.2, -0.15) is 0 Å². The van der Waals surface area contributed by atoms with Gasteiger partial charge in [0, 0.05) is 10.0 Å². The Morgan fingerprint density at radius 2 is 2.00 bits per heavy atom. The Kier molecular flexibility index (Phi) is 4.41. The Hall–Kier alpha value is -1.19. The molecule has 1 atom stereocenters. The molecule has 0 heterocycles. The summed E-state index contributed by atoms with van der Waals surface area (Å²) in [6.07, 6.45) is 3.88. The van der Waals surface area contributed by atoms with Gasteiger partial charge in [-0.3, -0.25) is 0 Å². The maximum absolute atomic E-state index is 14.2. The van der Waals surface area contributed by atoms with Gasteiger partial charge in [0.15, 0.2) is 0 Å². The number of halogens is 2. The van der Waals surface area contributed by atoms with Crippen LogP contribution in [0.15, 0.2) is 46.9 Å². The average molecular weight is 348 g/mol. The second-order valence-electron chi connectivity index (χ2n) is 5.69. The van der Waals surface area contributed by atoms with Crippen molar-refractivity contribution in [2.75, 3.05) is 7.05 Å². The molecule has 110 valence electrons. The lowest BCUT2D eigenvalue weighted by atomic mass is 9.79. The predicted molar refractivity (Wildman–Crippen MR) is 88.0 cm³/mol. The first-order valence-electron chi connectivity index (χ1n) is 7.41. The summed E-state index contributed by atoms with van der Waals surface area (Å²) in [5, 5.41) is 3.24. The van der Waals surface area contributed by atoms with E-state index in [4.69, 9.17) is 0 Å². The molecule has 3 heteroatoms. The van der Waals surface area contributed by atoms with Crippen LogP contribution >= 0.6 is 15.9 Å². The summed E-state index contributed by atoms with van der Waals surface area (Å²) in [6, 6.07) is 13.6. The van der Waals surface area contributed by atoms with Crippen molar-refractivity contribution in [3.63, 3.8) is 0 Å². The van der Waals surface area contributed by atoms with E-state index in [2.05, 4.69) is 45.5 Å². The molecule has 2 aromatic rings. The molecular weight excluding hydrogens is 329 g/mol. The Bertz CT molecular complexity index is 637. The molecule has 1 saturated carbocycles.